The summed E-state index contributed by atoms with van der Waals surface area (Å²) in [6.45, 7) is 11.5. The lowest BCUT2D eigenvalue weighted by atomic mass is 9.83. The van der Waals surface area contributed by atoms with Crippen LogP contribution in [0, 0.1) is 13.8 Å². The van der Waals surface area contributed by atoms with Gasteiger partial charge < -0.3 is 5.32 Å². The fourth-order valence-corrected chi connectivity index (χ4v) is 5.04. The van der Waals surface area contributed by atoms with E-state index in [1.165, 1.54) is 49.9 Å². The highest BCUT2D eigenvalue weighted by molar-refractivity contribution is 7.99. The normalized spacial score (nSPS) is 11.8. The van der Waals surface area contributed by atoms with Crippen LogP contribution in [0.2, 0.25) is 0 Å². The summed E-state index contributed by atoms with van der Waals surface area (Å²) in [5.41, 5.74) is 5.22. The average Bonchev–Trinajstić information content (AvgIpc) is 3.13. The van der Waals surface area contributed by atoms with E-state index in [0.717, 1.165) is 6.42 Å². The van der Waals surface area contributed by atoms with E-state index in [9.17, 15) is 9.59 Å². The molecule has 0 saturated heterocycles. The van der Waals surface area contributed by atoms with Crippen molar-refractivity contribution in [3.05, 3.63) is 56.2 Å². The number of hydrogen-bond acceptors (Lipinski definition) is 5. The zero-order valence-electron chi connectivity index (χ0n) is 18.5. The van der Waals surface area contributed by atoms with E-state index >= 15 is 0 Å². The van der Waals surface area contributed by atoms with Gasteiger partial charge in [0.2, 0.25) is 5.91 Å². The second kappa shape index (κ2) is 8.94. The molecule has 160 valence electrons. The molecule has 0 radical (unpaired) electrons. The molecular weight excluding hydrogens is 414 g/mol. The highest BCUT2D eigenvalue weighted by Crippen LogP contribution is 2.27. The molecular formula is C23H29N3O2S2. The molecule has 7 heteroatoms. The predicted octanol–water partition coefficient (Wildman–Crippen LogP) is 4.36. The molecule has 5 nitrogen and oxygen atoms in total. The average molecular weight is 444 g/mol. The number of thioether (sulfide) groups is 1. The molecule has 3 rings (SSSR count). The van der Waals surface area contributed by atoms with Crippen molar-refractivity contribution in [1.29, 1.82) is 0 Å². The number of fused-ring (bicyclic) bond motifs is 1. The molecule has 2 heterocycles. The van der Waals surface area contributed by atoms with Crippen LogP contribution in [-0.4, -0.2) is 27.8 Å². The molecule has 0 aliphatic heterocycles. The van der Waals surface area contributed by atoms with Gasteiger partial charge in [0.1, 0.15) is 4.83 Å². The topological polar surface area (TPSA) is 64.0 Å². The maximum Gasteiger partial charge on any atom is 0.262 e. The van der Waals surface area contributed by atoms with Crippen molar-refractivity contribution in [2.75, 3.05) is 12.3 Å². The Hall–Kier alpha value is -2.12. The van der Waals surface area contributed by atoms with Crippen LogP contribution in [0.5, 0.6) is 0 Å². The number of carbonyl (C=O) groups is 1. The van der Waals surface area contributed by atoms with E-state index in [0.29, 0.717) is 21.9 Å². The largest absolute Gasteiger partial charge is 0.355 e. The third-order valence-corrected chi connectivity index (χ3v) is 7.09. The molecule has 0 aliphatic rings. The molecule has 0 saturated carbocycles. The fourth-order valence-electron chi connectivity index (χ4n) is 3.44. The minimum atomic E-state index is -0.0752. The second-order valence-corrected chi connectivity index (χ2v) is 10.5. The number of nitrogens with zero attached hydrogens (tertiary/aromatic N) is 2. The Bertz CT molecular complexity index is 1120. The summed E-state index contributed by atoms with van der Waals surface area (Å²) in [7, 11) is 1.69. The number of aromatic nitrogens is 2. The number of nitrogens with one attached hydrogen (secondary N) is 1. The van der Waals surface area contributed by atoms with E-state index in [1.54, 1.807) is 13.1 Å². The maximum absolute atomic E-state index is 12.3. The molecule has 3 aromatic rings. The van der Waals surface area contributed by atoms with Crippen molar-refractivity contribution >= 4 is 39.2 Å². The minimum Gasteiger partial charge on any atom is -0.355 e. The van der Waals surface area contributed by atoms with Crippen LogP contribution in [0.25, 0.3) is 10.2 Å². The number of rotatable bonds is 6. The van der Waals surface area contributed by atoms with E-state index in [2.05, 4.69) is 57.1 Å². The predicted molar refractivity (Wildman–Crippen MR) is 127 cm³/mol. The number of benzene rings is 1. The van der Waals surface area contributed by atoms with Gasteiger partial charge in [0, 0.05) is 13.6 Å². The summed E-state index contributed by atoms with van der Waals surface area (Å²) in [6.07, 6.45) is 0.802. The third-order valence-electron chi connectivity index (χ3n) is 5.26. The van der Waals surface area contributed by atoms with Gasteiger partial charge in [-0.25, -0.2) is 4.98 Å². The Morgan fingerprint density at radius 1 is 1.23 bits per heavy atom. The highest BCUT2D eigenvalue weighted by Gasteiger charge is 2.16. The summed E-state index contributed by atoms with van der Waals surface area (Å²) in [6, 6.07) is 6.30. The molecule has 0 spiro atoms. The Balaban J connectivity index is 1.57. The summed E-state index contributed by atoms with van der Waals surface area (Å²) in [5.74, 6) is 0.181. The molecule has 0 unspecified atom stereocenters. The molecule has 1 N–H and O–H groups in total. The third kappa shape index (κ3) is 4.95. The Kier molecular flexibility index (Phi) is 6.72. The first-order valence-electron chi connectivity index (χ1n) is 10.0. The molecule has 1 aromatic carbocycles. The number of carbonyl (C=O) groups excluding carboxylic acids is 1. The van der Waals surface area contributed by atoms with E-state index in [1.807, 2.05) is 5.38 Å². The van der Waals surface area contributed by atoms with Gasteiger partial charge in [0.05, 0.1) is 11.1 Å². The zero-order valence-corrected chi connectivity index (χ0v) is 20.1. The Labute approximate surface area is 185 Å². The maximum atomic E-state index is 12.3. The first kappa shape index (κ1) is 22.6. The van der Waals surface area contributed by atoms with E-state index in [-0.39, 0.29) is 22.6 Å². The van der Waals surface area contributed by atoms with Crippen LogP contribution < -0.4 is 10.9 Å². The first-order valence-corrected chi connectivity index (χ1v) is 11.9. The number of aryl methyl sites for hydroxylation is 2. The smallest absolute Gasteiger partial charge is 0.262 e. The van der Waals surface area contributed by atoms with Gasteiger partial charge in [0.25, 0.3) is 5.56 Å². The monoisotopic (exact) mass is 443 g/mol. The fraction of sp³-hybridized carbons (Fsp3) is 0.435. The van der Waals surface area contributed by atoms with Crippen LogP contribution in [0.3, 0.4) is 0 Å². The van der Waals surface area contributed by atoms with Crippen LogP contribution in [-0.2, 0) is 23.7 Å². The minimum absolute atomic E-state index is 0.0536. The Morgan fingerprint density at radius 2 is 1.90 bits per heavy atom. The van der Waals surface area contributed by atoms with Crippen molar-refractivity contribution in [2.45, 2.75) is 51.6 Å². The van der Waals surface area contributed by atoms with Gasteiger partial charge in [-0.1, -0.05) is 44.7 Å². The van der Waals surface area contributed by atoms with E-state index in [4.69, 9.17) is 0 Å². The van der Waals surface area contributed by atoms with Gasteiger partial charge in [-0.3, -0.25) is 14.2 Å². The van der Waals surface area contributed by atoms with Crippen molar-refractivity contribution in [3.8, 4) is 0 Å². The number of amides is 1. The highest BCUT2D eigenvalue weighted by atomic mass is 32.2. The molecule has 0 fully saturated rings. The molecule has 0 bridgehead atoms. The quantitative estimate of drug-likeness (QED) is 0.454. The summed E-state index contributed by atoms with van der Waals surface area (Å²) in [5, 5.41) is 6.04. The van der Waals surface area contributed by atoms with Crippen LogP contribution in [0.1, 0.15) is 43.0 Å². The van der Waals surface area contributed by atoms with Gasteiger partial charge in [0.15, 0.2) is 5.16 Å². The zero-order chi connectivity index (χ0) is 22.1. The first-order chi connectivity index (χ1) is 14.1. The summed E-state index contributed by atoms with van der Waals surface area (Å²) >= 11 is 2.73. The van der Waals surface area contributed by atoms with Crippen molar-refractivity contribution in [3.63, 3.8) is 0 Å². The Morgan fingerprint density at radius 3 is 2.53 bits per heavy atom. The standard InChI is InChI=1S/C23H29N3O2S2/c1-14-11-16(23(3,4)5)12-15(2)17(14)7-9-24-19(27)13-30-22-25-20-18(8-10-29-20)21(28)26(22)6/h8,10-12H,7,9,13H2,1-6H3,(H,24,27). The molecule has 30 heavy (non-hydrogen) atoms. The van der Waals surface area contributed by atoms with Crippen LogP contribution in [0.4, 0.5) is 0 Å². The lowest BCUT2D eigenvalue weighted by Gasteiger charge is -2.22. The van der Waals surface area contributed by atoms with Gasteiger partial charge >= 0.3 is 0 Å². The van der Waals surface area contributed by atoms with Crippen LogP contribution >= 0.6 is 23.1 Å². The van der Waals surface area contributed by atoms with Crippen molar-refractivity contribution in [1.82, 2.24) is 14.9 Å². The summed E-state index contributed by atoms with van der Waals surface area (Å²) < 4.78 is 1.51. The SMILES string of the molecule is Cc1cc(C(C)(C)C)cc(C)c1CCNC(=O)CSc1nc2sccc2c(=O)n1C. The molecule has 2 aromatic heterocycles. The van der Waals surface area contributed by atoms with Crippen molar-refractivity contribution in [2.24, 2.45) is 7.05 Å². The number of hydrogen-bond donors (Lipinski definition) is 1. The molecule has 0 aliphatic carbocycles. The van der Waals surface area contributed by atoms with Gasteiger partial charge in [-0.15, -0.1) is 11.3 Å². The summed E-state index contributed by atoms with van der Waals surface area (Å²) in [4.78, 5) is 29.9. The van der Waals surface area contributed by atoms with Crippen LogP contribution in [0.15, 0.2) is 33.5 Å². The van der Waals surface area contributed by atoms with Gasteiger partial charge in [-0.2, -0.15) is 0 Å². The van der Waals surface area contributed by atoms with Gasteiger partial charge in [-0.05, 0) is 59.4 Å². The lowest BCUT2D eigenvalue weighted by Crippen LogP contribution is -2.28. The lowest BCUT2D eigenvalue weighted by molar-refractivity contribution is -0.118. The van der Waals surface area contributed by atoms with Crippen molar-refractivity contribution < 1.29 is 4.79 Å². The number of thiophene rings is 1. The second-order valence-electron chi connectivity index (χ2n) is 8.63. The molecule has 1 amide bonds. The van der Waals surface area contributed by atoms with E-state index < -0.39 is 0 Å². The molecule has 0 atom stereocenters.